The lowest BCUT2D eigenvalue weighted by Crippen LogP contribution is -2.05. The molecule has 2 heteroatoms. The van der Waals surface area contributed by atoms with E-state index >= 15 is 0 Å². The minimum absolute atomic E-state index is 0.599. The van der Waals surface area contributed by atoms with Crippen LogP contribution in [0.4, 0.5) is 0 Å². The third-order valence-electron chi connectivity index (χ3n) is 3.94. The van der Waals surface area contributed by atoms with Crippen molar-refractivity contribution in [1.82, 2.24) is 0 Å². The molecule has 0 saturated carbocycles. The molecule has 0 aromatic heterocycles. The van der Waals surface area contributed by atoms with Crippen molar-refractivity contribution in [3.63, 3.8) is 0 Å². The maximum Gasteiger partial charge on any atom is 0.124 e. The van der Waals surface area contributed by atoms with Crippen molar-refractivity contribution < 1.29 is 9.84 Å². The molecule has 2 aromatic rings. The Morgan fingerprint density at radius 2 is 1.55 bits per heavy atom. The van der Waals surface area contributed by atoms with Crippen LogP contribution < -0.4 is 4.74 Å². The van der Waals surface area contributed by atoms with E-state index in [0.29, 0.717) is 0 Å². The predicted octanol–water partition coefficient (Wildman–Crippen LogP) is 4.01. The Bertz CT molecular complexity index is 606. The lowest BCUT2D eigenvalue weighted by atomic mass is 9.93. The van der Waals surface area contributed by atoms with Crippen LogP contribution in [0.3, 0.4) is 0 Å². The number of benzene rings is 2. The standard InChI is InChI=1S/C18H22O2/c1-11-7-6-8-16(14(11)4)17(19)15-9-12(2)18(20-5)13(3)10-15/h6-10,17,19H,1-5H3. The van der Waals surface area contributed by atoms with E-state index in [-0.39, 0.29) is 0 Å². The third kappa shape index (κ3) is 2.56. The number of rotatable bonds is 3. The lowest BCUT2D eigenvalue weighted by molar-refractivity contribution is 0.219. The molecule has 0 fully saturated rings. The number of methoxy groups -OCH3 is 1. The van der Waals surface area contributed by atoms with E-state index in [4.69, 9.17) is 4.74 Å². The van der Waals surface area contributed by atoms with Gasteiger partial charge in [0, 0.05) is 0 Å². The minimum atomic E-state index is -0.599. The number of aliphatic hydroxyl groups is 1. The molecule has 0 amide bonds. The van der Waals surface area contributed by atoms with Crippen molar-refractivity contribution in [2.75, 3.05) is 7.11 Å². The highest BCUT2D eigenvalue weighted by molar-refractivity contribution is 5.47. The van der Waals surface area contributed by atoms with Gasteiger partial charge in [-0.1, -0.05) is 18.2 Å². The molecule has 2 rings (SSSR count). The fraction of sp³-hybridized carbons (Fsp3) is 0.333. The summed E-state index contributed by atoms with van der Waals surface area (Å²) in [6.45, 7) is 8.13. The summed E-state index contributed by atoms with van der Waals surface area (Å²) in [5, 5.41) is 10.7. The lowest BCUT2D eigenvalue weighted by Gasteiger charge is -2.18. The first-order valence-electron chi connectivity index (χ1n) is 6.85. The zero-order valence-electron chi connectivity index (χ0n) is 12.8. The smallest absolute Gasteiger partial charge is 0.124 e. The summed E-state index contributed by atoms with van der Waals surface area (Å²) in [5.74, 6) is 0.891. The molecule has 0 bridgehead atoms. The van der Waals surface area contributed by atoms with Crippen molar-refractivity contribution in [2.45, 2.75) is 33.8 Å². The molecule has 0 heterocycles. The van der Waals surface area contributed by atoms with Crippen LogP contribution >= 0.6 is 0 Å². The van der Waals surface area contributed by atoms with Gasteiger partial charge < -0.3 is 9.84 Å². The molecule has 0 saturated heterocycles. The largest absolute Gasteiger partial charge is 0.496 e. The second kappa shape index (κ2) is 5.68. The van der Waals surface area contributed by atoms with Crippen molar-refractivity contribution in [3.05, 3.63) is 63.7 Å². The van der Waals surface area contributed by atoms with Crippen LogP contribution in [0, 0.1) is 27.7 Å². The fourth-order valence-electron chi connectivity index (χ4n) is 2.71. The van der Waals surface area contributed by atoms with Gasteiger partial charge in [-0.15, -0.1) is 0 Å². The van der Waals surface area contributed by atoms with Gasteiger partial charge in [0.05, 0.1) is 7.11 Å². The van der Waals surface area contributed by atoms with E-state index in [9.17, 15) is 5.11 Å². The molecule has 106 valence electrons. The molecule has 1 unspecified atom stereocenters. The van der Waals surface area contributed by atoms with Gasteiger partial charge >= 0.3 is 0 Å². The number of hydrogen-bond acceptors (Lipinski definition) is 2. The van der Waals surface area contributed by atoms with Crippen LogP contribution in [0.15, 0.2) is 30.3 Å². The predicted molar refractivity (Wildman–Crippen MR) is 82.4 cm³/mol. The second-order valence-electron chi connectivity index (χ2n) is 5.38. The number of aryl methyl sites for hydroxylation is 3. The Morgan fingerprint density at radius 3 is 2.10 bits per heavy atom. The summed E-state index contributed by atoms with van der Waals surface area (Å²) in [6.07, 6.45) is -0.599. The minimum Gasteiger partial charge on any atom is -0.496 e. The average Bonchev–Trinajstić information content (AvgIpc) is 2.41. The van der Waals surface area contributed by atoms with Crippen molar-refractivity contribution >= 4 is 0 Å². The van der Waals surface area contributed by atoms with E-state index in [0.717, 1.165) is 33.6 Å². The number of aliphatic hydroxyl groups excluding tert-OH is 1. The van der Waals surface area contributed by atoms with Crippen LogP contribution in [-0.2, 0) is 0 Å². The summed E-state index contributed by atoms with van der Waals surface area (Å²) < 4.78 is 5.38. The normalized spacial score (nSPS) is 12.3. The zero-order valence-corrected chi connectivity index (χ0v) is 12.8. The molecular weight excluding hydrogens is 248 g/mol. The van der Waals surface area contributed by atoms with Gasteiger partial charge in [0.25, 0.3) is 0 Å². The van der Waals surface area contributed by atoms with E-state index in [1.165, 1.54) is 5.56 Å². The molecule has 20 heavy (non-hydrogen) atoms. The third-order valence-corrected chi connectivity index (χ3v) is 3.94. The number of hydrogen-bond donors (Lipinski definition) is 1. The summed E-state index contributed by atoms with van der Waals surface area (Å²) in [6, 6.07) is 10.0. The first kappa shape index (κ1) is 14.6. The Hall–Kier alpha value is -1.80. The summed E-state index contributed by atoms with van der Waals surface area (Å²) >= 11 is 0. The molecular formula is C18H22O2. The van der Waals surface area contributed by atoms with Crippen LogP contribution in [0.25, 0.3) is 0 Å². The summed E-state index contributed by atoms with van der Waals surface area (Å²) in [5.41, 5.74) is 6.32. The van der Waals surface area contributed by atoms with Gasteiger partial charge in [-0.3, -0.25) is 0 Å². The van der Waals surface area contributed by atoms with Gasteiger partial charge in [0.15, 0.2) is 0 Å². The van der Waals surface area contributed by atoms with E-state index in [2.05, 4.69) is 19.9 Å². The summed E-state index contributed by atoms with van der Waals surface area (Å²) in [4.78, 5) is 0. The SMILES string of the molecule is COc1c(C)cc(C(O)c2cccc(C)c2C)cc1C. The Kier molecular flexibility index (Phi) is 4.15. The maximum absolute atomic E-state index is 10.7. The highest BCUT2D eigenvalue weighted by Crippen LogP contribution is 2.31. The van der Waals surface area contributed by atoms with E-state index in [1.807, 2.05) is 38.1 Å². The van der Waals surface area contributed by atoms with Crippen LogP contribution in [0.2, 0.25) is 0 Å². The molecule has 0 spiro atoms. The molecule has 0 radical (unpaired) electrons. The first-order chi connectivity index (χ1) is 9.45. The molecule has 1 atom stereocenters. The van der Waals surface area contributed by atoms with Gasteiger partial charge in [-0.25, -0.2) is 0 Å². The average molecular weight is 270 g/mol. The molecule has 2 nitrogen and oxygen atoms in total. The van der Waals surface area contributed by atoms with Gasteiger partial charge in [0.2, 0.25) is 0 Å². The topological polar surface area (TPSA) is 29.5 Å². The van der Waals surface area contributed by atoms with Crippen molar-refractivity contribution in [3.8, 4) is 5.75 Å². The quantitative estimate of drug-likeness (QED) is 0.913. The van der Waals surface area contributed by atoms with Gasteiger partial charge in [-0.05, 0) is 73.2 Å². The van der Waals surface area contributed by atoms with Crippen molar-refractivity contribution in [1.29, 1.82) is 0 Å². The number of ether oxygens (including phenoxy) is 1. The second-order valence-corrected chi connectivity index (χ2v) is 5.38. The first-order valence-corrected chi connectivity index (χ1v) is 6.85. The van der Waals surface area contributed by atoms with Crippen LogP contribution in [-0.4, -0.2) is 12.2 Å². The Morgan fingerprint density at radius 1 is 0.950 bits per heavy atom. The van der Waals surface area contributed by atoms with E-state index < -0.39 is 6.10 Å². The molecule has 0 aliphatic carbocycles. The van der Waals surface area contributed by atoms with Gasteiger partial charge in [0.1, 0.15) is 11.9 Å². The zero-order chi connectivity index (χ0) is 14.9. The van der Waals surface area contributed by atoms with Gasteiger partial charge in [-0.2, -0.15) is 0 Å². The van der Waals surface area contributed by atoms with Crippen LogP contribution in [0.1, 0.15) is 39.5 Å². The highest BCUT2D eigenvalue weighted by Gasteiger charge is 2.16. The Balaban J connectivity index is 2.49. The van der Waals surface area contributed by atoms with E-state index in [1.54, 1.807) is 7.11 Å². The molecule has 0 aliphatic rings. The summed E-state index contributed by atoms with van der Waals surface area (Å²) in [7, 11) is 1.68. The molecule has 1 N–H and O–H groups in total. The fourth-order valence-corrected chi connectivity index (χ4v) is 2.71. The molecule has 0 aliphatic heterocycles. The maximum atomic E-state index is 10.7. The highest BCUT2D eigenvalue weighted by atomic mass is 16.5. The monoisotopic (exact) mass is 270 g/mol. The Labute approximate surface area is 121 Å². The van der Waals surface area contributed by atoms with Crippen LogP contribution in [0.5, 0.6) is 5.75 Å². The molecule has 2 aromatic carbocycles. The van der Waals surface area contributed by atoms with Crippen molar-refractivity contribution in [2.24, 2.45) is 0 Å².